The van der Waals surface area contributed by atoms with Gasteiger partial charge in [0.1, 0.15) is 0 Å². The molecule has 0 saturated heterocycles. The molecular formula is C26H23N3O2S2. The van der Waals surface area contributed by atoms with Crippen LogP contribution in [0.5, 0.6) is 0 Å². The van der Waals surface area contributed by atoms with Gasteiger partial charge >= 0.3 is 0 Å². The minimum atomic E-state index is -0.579. The topological polar surface area (TPSA) is 71.1 Å². The Morgan fingerprint density at radius 1 is 0.848 bits per heavy atom. The number of thiazole rings is 1. The summed E-state index contributed by atoms with van der Waals surface area (Å²) in [5.41, 5.74) is 5.43. The first-order chi connectivity index (χ1) is 16.3. The van der Waals surface area contributed by atoms with Crippen molar-refractivity contribution >= 4 is 35.4 Å². The van der Waals surface area contributed by atoms with Crippen molar-refractivity contribution in [3.05, 3.63) is 119 Å². The average Bonchev–Trinajstić information content (AvgIpc) is 3.35. The van der Waals surface area contributed by atoms with Gasteiger partial charge in [-0.05, 0) is 16.7 Å². The number of carbonyl (C=O) groups excluding carboxylic acids is 2. The third kappa shape index (κ3) is 4.99. The first-order valence-electron chi connectivity index (χ1n) is 10.5. The molecule has 166 valence electrons. The smallest absolute Gasteiger partial charge is 0.272 e. The van der Waals surface area contributed by atoms with E-state index in [-0.39, 0.29) is 5.91 Å². The Bertz CT molecular complexity index is 1090. The van der Waals surface area contributed by atoms with E-state index < -0.39 is 4.75 Å². The molecule has 4 aromatic rings. The molecule has 0 saturated carbocycles. The number of carbonyl (C=O) groups is 2. The van der Waals surface area contributed by atoms with Gasteiger partial charge in [-0.3, -0.25) is 9.59 Å². The van der Waals surface area contributed by atoms with Crippen LogP contribution in [0.4, 0.5) is 0 Å². The summed E-state index contributed by atoms with van der Waals surface area (Å²) >= 11 is 3.08. The van der Waals surface area contributed by atoms with Gasteiger partial charge in [0, 0.05) is 13.1 Å². The van der Waals surface area contributed by atoms with Gasteiger partial charge < -0.3 is 10.6 Å². The first kappa shape index (κ1) is 22.8. The fourth-order valence-electron chi connectivity index (χ4n) is 3.68. The number of thioether (sulfide) groups is 1. The van der Waals surface area contributed by atoms with Crippen LogP contribution in [0.1, 0.15) is 27.2 Å². The quantitative estimate of drug-likeness (QED) is 0.152. The number of nitrogens with zero attached hydrogens (tertiary/aromatic N) is 1. The van der Waals surface area contributed by atoms with E-state index in [0.29, 0.717) is 25.2 Å². The molecule has 2 N–H and O–H groups in total. The zero-order chi connectivity index (χ0) is 22.9. The number of benzene rings is 3. The molecule has 7 heteroatoms. The zero-order valence-corrected chi connectivity index (χ0v) is 19.4. The van der Waals surface area contributed by atoms with Gasteiger partial charge in [0.15, 0.2) is 5.69 Å². The van der Waals surface area contributed by atoms with Crippen LogP contribution in [0.3, 0.4) is 0 Å². The maximum Gasteiger partial charge on any atom is 0.272 e. The van der Waals surface area contributed by atoms with Crippen molar-refractivity contribution in [3.63, 3.8) is 0 Å². The predicted molar refractivity (Wildman–Crippen MR) is 134 cm³/mol. The number of rotatable bonds is 10. The van der Waals surface area contributed by atoms with E-state index in [0.717, 1.165) is 20.9 Å². The monoisotopic (exact) mass is 473 g/mol. The SMILES string of the molecule is O=CNCCNC(=O)c1ncsc1SC(c1ccccc1)(c1ccccc1)c1ccccc1. The molecule has 3 aromatic carbocycles. The molecule has 4 rings (SSSR count). The Morgan fingerprint density at radius 3 is 1.85 bits per heavy atom. The van der Waals surface area contributed by atoms with Gasteiger partial charge in [0.05, 0.1) is 14.5 Å². The number of nitrogens with one attached hydrogen (secondary N) is 2. The average molecular weight is 474 g/mol. The highest BCUT2D eigenvalue weighted by Crippen LogP contribution is 2.53. The van der Waals surface area contributed by atoms with Crippen LogP contribution in [0, 0.1) is 0 Å². The number of hydrogen-bond acceptors (Lipinski definition) is 5. The van der Waals surface area contributed by atoms with Crippen molar-refractivity contribution < 1.29 is 9.59 Å². The summed E-state index contributed by atoms with van der Waals surface area (Å²) in [6, 6.07) is 31.0. The van der Waals surface area contributed by atoms with E-state index in [1.807, 2.05) is 54.6 Å². The molecule has 2 amide bonds. The lowest BCUT2D eigenvalue weighted by Gasteiger charge is -2.35. The highest BCUT2D eigenvalue weighted by atomic mass is 32.2. The molecule has 1 heterocycles. The Labute approximate surface area is 201 Å². The summed E-state index contributed by atoms with van der Waals surface area (Å²) in [7, 11) is 0. The second kappa shape index (κ2) is 10.9. The van der Waals surface area contributed by atoms with Crippen LogP contribution in [0.2, 0.25) is 0 Å². The molecule has 33 heavy (non-hydrogen) atoms. The van der Waals surface area contributed by atoms with E-state index in [9.17, 15) is 9.59 Å². The minimum Gasteiger partial charge on any atom is -0.357 e. The lowest BCUT2D eigenvalue weighted by atomic mass is 9.84. The minimum absolute atomic E-state index is 0.255. The van der Waals surface area contributed by atoms with Crippen LogP contribution >= 0.6 is 23.1 Å². The fourth-order valence-corrected chi connectivity index (χ4v) is 6.17. The Kier molecular flexibility index (Phi) is 7.55. The maximum atomic E-state index is 12.9. The van der Waals surface area contributed by atoms with Crippen LogP contribution in [-0.2, 0) is 9.54 Å². The highest BCUT2D eigenvalue weighted by molar-refractivity contribution is 8.02. The van der Waals surface area contributed by atoms with E-state index in [4.69, 9.17) is 0 Å². The molecule has 0 bridgehead atoms. The summed E-state index contributed by atoms with van der Waals surface area (Å²) in [5.74, 6) is -0.255. The molecular weight excluding hydrogens is 450 g/mol. The Hall–Kier alpha value is -3.42. The lowest BCUT2D eigenvalue weighted by molar-refractivity contribution is -0.109. The number of amides is 2. The molecule has 0 aliphatic heterocycles. The molecule has 0 unspecified atom stereocenters. The van der Waals surface area contributed by atoms with Crippen molar-refractivity contribution in [2.75, 3.05) is 13.1 Å². The molecule has 1 aromatic heterocycles. The van der Waals surface area contributed by atoms with Crippen molar-refractivity contribution in [1.29, 1.82) is 0 Å². The number of aromatic nitrogens is 1. The summed E-state index contributed by atoms with van der Waals surface area (Å²) in [4.78, 5) is 27.7. The fraction of sp³-hybridized carbons (Fsp3) is 0.115. The first-order valence-corrected chi connectivity index (χ1v) is 12.2. The van der Waals surface area contributed by atoms with E-state index in [2.05, 4.69) is 52.0 Å². The van der Waals surface area contributed by atoms with Crippen molar-refractivity contribution in [2.24, 2.45) is 0 Å². The molecule has 0 atom stereocenters. The van der Waals surface area contributed by atoms with Crippen molar-refractivity contribution in [2.45, 2.75) is 8.96 Å². The van der Waals surface area contributed by atoms with Gasteiger partial charge in [0.25, 0.3) is 5.91 Å². The second-order valence-corrected chi connectivity index (χ2v) is 9.54. The lowest BCUT2D eigenvalue weighted by Crippen LogP contribution is -2.32. The van der Waals surface area contributed by atoms with Crippen molar-refractivity contribution in [3.8, 4) is 0 Å². The summed E-state index contributed by atoms with van der Waals surface area (Å²) in [5, 5.41) is 5.38. The van der Waals surface area contributed by atoms with Gasteiger partial charge in [-0.15, -0.1) is 11.3 Å². The van der Waals surface area contributed by atoms with Crippen LogP contribution < -0.4 is 10.6 Å². The van der Waals surface area contributed by atoms with Crippen LogP contribution in [-0.4, -0.2) is 30.4 Å². The molecule has 0 fully saturated rings. The molecule has 5 nitrogen and oxygen atoms in total. The molecule has 0 aliphatic rings. The normalized spacial score (nSPS) is 11.0. The van der Waals surface area contributed by atoms with Gasteiger partial charge in [-0.1, -0.05) is 103 Å². The molecule has 0 spiro atoms. The van der Waals surface area contributed by atoms with Gasteiger partial charge in [0.2, 0.25) is 6.41 Å². The molecule has 0 radical (unpaired) electrons. The van der Waals surface area contributed by atoms with Gasteiger partial charge in [-0.2, -0.15) is 0 Å². The summed E-state index contributed by atoms with van der Waals surface area (Å²) in [6.45, 7) is 0.699. The molecule has 0 aliphatic carbocycles. The predicted octanol–water partition coefficient (Wildman–Crippen LogP) is 4.70. The third-order valence-electron chi connectivity index (χ3n) is 5.17. The van der Waals surface area contributed by atoms with Crippen LogP contribution in [0.15, 0.2) is 101 Å². The Morgan fingerprint density at radius 2 is 1.36 bits per heavy atom. The zero-order valence-electron chi connectivity index (χ0n) is 17.8. The second-order valence-electron chi connectivity index (χ2n) is 7.20. The largest absolute Gasteiger partial charge is 0.357 e. The van der Waals surface area contributed by atoms with Crippen LogP contribution in [0.25, 0.3) is 0 Å². The summed E-state index contributed by atoms with van der Waals surface area (Å²) < 4.78 is 0.247. The highest BCUT2D eigenvalue weighted by Gasteiger charge is 2.39. The van der Waals surface area contributed by atoms with E-state index in [1.165, 1.54) is 11.3 Å². The summed E-state index contributed by atoms with van der Waals surface area (Å²) in [6.07, 6.45) is 0.615. The third-order valence-corrected chi connectivity index (χ3v) is 7.72. The van der Waals surface area contributed by atoms with Gasteiger partial charge in [-0.25, -0.2) is 4.98 Å². The number of hydrogen-bond donors (Lipinski definition) is 2. The van der Waals surface area contributed by atoms with E-state index >= 15 is 0 Å². The Balaban J connectivity index is 1.81. The standard InChI is InChI=1S/C26H23N3O2S2/c30-18-27-16-17-28-24(31)23-25(32-19-29-23)33-26(20-10-4-1-5-11-20,21-12-6-2-7-13-21)22-14-8-3-9-15-22/h1-15,18-19H,16-17H2,(H,27,30)(H,28,31). The van der Waals surface area contributed by atoms with E-state index in [1.54, 1.807) is 17.3 Å². The maximum absolute atomic E-state index is 12.9. The van der Waals surface area contributed by atoms with Crippen molar-refractivity contribution in [1.82, 2.24) is 15.6 Å².